The van der Waals surface area contributed by atoms with Gasteiger partial charge in [0.15, 0.2) is 6.61 Å². The maximum atomic E-state index is 13.0. The minimum atomic E-state index is -1.35. The second-order valence-corrected chi connectivity index (χ2v) is 10.9. The van der Waals surface area contributed by atoms with Gasteiger partial charge in [0.25, 0.3) is 11.8 Å². The maximum absolute atomic E-state index is 13.0. The molecule has 0 unspecified atom stereocenters. The van der Waals surface area contributed by atoms with Crippen molar-refractivity contribution in [3.05, 3.63) is 71.9 Å². The van der Waals surface area contributed by atoms with Crippen molar-refractivity contribution < 1.29 is 28.7 Å². The first-order valence-corrected chi connectivity index (χ1v) is 13.4. The van der Waals surface area contributed by atoms with E-state index in [2.05, 4.69) is 29.4 Å². The number of piperazine rings is 1. The Hall–Kier alpha value is -3.50. The number of carboxylic acid groups (broad SMARTS) is 1. The van der Waals surface area contributed by atoms with Crippen molar-refractivity contribution in [3.8, 4) is 5.75 Å². The first kappa shape index (κ1) is 25.2. The number of likely N-dealkylation sites (N-methyl/N-ethyl adjacent to an activating group) is 1. The predicted octanol–water partition coefficient (Wildman–Crippen LogP) is 0.436. The highest BCUT2D eigenvalue weighted by molar-refractivity contribution is 8.00. The van der Waals surface area contributed by atoms with Crippen LogP contribution in [-0.2, 0) is 14.4 Å². The lowest BCUT2D eigenvalue weighted by molar-refractivity contribution is -0.905. The Morgan fingerprint density at radius 3 is 2.38 bits per heavy atom. The number of fused-ring (bicyclic) bond motifs is 1. The summed E-state index contributed by atoms with van der Waals surface area (Å²) in [4.78, 5) is 41.2. The molecular formula is C27H30N4O5S. The summed E-state index contributed by atoms with van der Waals surface area (Å²) < 4.78 is 6.15. The smallest absolute Gasteiger partial charge is 0.258 e. The van der Waals surface area contributed by atoms with Gasteiger partial charge in [0.2, 0.25) is 0 Å². The molecular weight excluding hydrogens is 492 g/mol. The Kier molecular flexibility index (Phi) is 7.12. The van der Waals surface area contributed by atoms with Crippen molar-refractivity contribution in [3.63, 3.8) is 0 Å². The molecule has 2 aromatic carbocycles. The molecule has 3 aliphatic heterocycles. The van der Waals surface area contributed by atoms with Crippen LogP contribution < -0.4 is 20.1 Å². The number of nitrogens with zero attached hydrogens (tertiary/aromatic N) is 3. The predicted molar refractivity (Wildman–Crippen MR) is 138 cm³/mol. The van der Waals surface area contributed by atoms with Gasteiger partial charge in [-0.2, -0.15) is 0 Å². The number of anilines is 1. The van der Waals surface area contributed by atoms with Crippen molar-refractivity contribution in [2.75, 3.05) is 57.0 Å². The number of quaternary nitrogens is 1. The number of rotatable bonds is 8. The lowest BCUT2D eigenvalue weighted by Gasteiger charge is -2.51. The summed E-state index contributed by atoms with van der Waals surface area (Å²) in [5.41, 5.74) is 1.86. The van der Waals surface area contributed by atoms with Crippen molar-refractivity contribution in [1.82, 2.24) is 10.2 Å². The van der Waals surface area contributed by atoms with Crippen LogP contribution in [-0.4, -0.2) is 90.7 Å². The summed E-state index contributed by atoms with van der Waals surface area (Å²) >= 11 is 1.48. The topological polar surface area (TPSA) is 102 Å². The van der Waals surface area contributed by atoms with Crippen molar-refractivity contribution >= 4 is 35.2 Å². The first-order chi connectivity index (χ1) is 17.8. The first-order valence-electron chi connectivity index (χ1n) is 12.3. The van der Waals surface area contributed by atoms with Crippen molar-refractivity contribution in [1.29, 1.82) is 0 Å². The van der Waals surface area contributed by atoms with E-state index in [1.807, 2.05) is 24.3 Å². The van der Waals surface area contributed by atoms with Crippen LogP contribution >= 0.6 is 11.8 Å². The van der Waals surface area contributed by atoms with E-state index >= 15 is 0 Å². The van der Waals surface area contributed by atoms with Gasteiger partial charge in [-0.3, -0.25) is 14.5 Å². The van der Waals surface area contributed by atoms with Gasteiger partial charge in [-0.15, -0.1) is 11.8 Å². The number of hydrogen-bond acceptors (Lipinski definition) is 7. The third kappa shape index (κ3) is 5.30. The molecule has 2 atom stereocenters. The molecule has 3 aliphatic rings. The van der Waals surface area contributed by atoms with Gasteiger partial charge in [0.05, 0.1) is 44.9 Å². The van der Waals surface area contributed by atoms with Gasteiger partial charge >= 0.3 is 0 Å². The summed E-state index contributed by atoms with van der Waals surface area (Å²) in [6.07, 6.45) is 0. The number of benzene rings is 2. The number of β-lactam (4-membered cyclic amide) rings is 1. The average Bonchev–Trinajstić information content (AvgIpc) is 2.91. The van der Waals surface area contributed by atoms with E-state index in [0.717, 1.165) is 26.2 Å². The molecule has 9 nitrogen and oxygen atoms in total. The largest absolute Gasteiger partial charge is 0.543 e. The Morgan fingerprint density at radius 2 is 1.73 bits per heavy atom. The molecule has 0 bridgehead atoms. The van der Waals surface area contributed by atoms with Gasteiger partial charge in [-0.25, -0.2) is 0 Å². The molecule has 0 spiro atoms. The number of para-hydroxylation sites is 2. The average molecular weight is 523 g/mol. The van der Waals surface area contributed by atoms with Crippen LogP contribution in [0, 0.1) is 0 Å². The van der Waals surface area contributed by atoms with Crippen LogP contribution in [0.15, 0.2) is 71.9 Å². The van der Waals surface area contributed by atoms with Crippen molar-refractivity contribution in [2.45, 2.75) is 11.4 Å². The summed E-state index contributed by atoms with van der Waals surface area (Å²) in [6, 6.07) is 18.4. The molecule has 1 N–H and O–H groups in total. The standard InChI is InChI=1S/C27H30N4O5S/c1-31(14-12-29(13-15-31)20-8-4-2-5-9-20)16-19-18-37-26-23(25(33)30(26)24(19)27(34)35)28-22(32)17-36-21-10-6-3-7-11-21/h2-11,23,26H,12-18H2,1H3,(H-,28,32,34,35)/t23-,26-/m1/s1. The highest BCUT2D eigenvalue weighted by Gasteiger charge is 2.53. The van der Waals surface area contributed by atoms with Gasteiger partial charge in [-0.05, 0) is 24.3 Å². The molecule has 2 saturated heterocycles. The molecule has 194 valence electrons. The zero-order valence-corrected chi connectivity index (χ0v) is 21.5. The fraction of sp³-hybridized carbons (Fsp3) is 0.370. The van der Waals surface area contributed by atoms with E-state index in [0.29, 0.717) is 28.1 Å². The minimum Gasteiger partial charge on any atom is -0.543 e. The summed E-state index contributed by atoms with van der Waals surface area (Å²) in [7, 11) is 2.13. The molecule has 2 amide bonds. The zero-order chi connectivity index (χ0) is 26.0. The van der Waals surface area contributed by atoms with Gasteiger partial charge in [0, 0.05) is 17.0 Å². The number of amides is 2. The summed E-state index contributed by atoms with van der Waals surface area (Å²) in [5.74, 6) is -1.18. The summed E-state index contributed by atoms with van der Waals surface area (Å²) in [6.45, 7) is 3.77. The second kappa shape index (κ2) is 10.5. The number of hydrogen-bond donors (Lipinski definition) is 1. The highest BCUT2D eigenvalue weighted by atomic mass is 32.2. The Labute approximate surface area is 220 Å². The fourth-order valence-electron chi connectivity index (χ4n) is 5.14. The monoisotopic (exact) mass is 522 g/mol. The molecule has 2 fully saturated rings. The number of carboxylic acids is 1. The van der Waals surface area contributed by atoms with Gasteiger partial charge in [0.1, 0.15) is 23.7 Å². The van der Waals surface area contributed by atoms with E-state index in [-0.39, 0.29) is 12.3 Å². The highest BCUT2D eigenvalue weighted by Crippen LogP contribution is 2.40. The SMILES string of the molecule is C[N+]1(CC2=C(C(=O)[O-])N3C(=O)[C@@H](NC(=O)COc4ccccc4)[C@H]3SC2)CCN(c2ccccc2)CC1. The van der Waals surface area contributed by atoms with Crippen LogP contribution in [0.4, 0.5) is 5.69 Å². The number of aliphatic carboxylic acids is 1. The molecule has 0 radical (unpaired) electrons. The number of thioether (sulfide) groups is 1. The lowest BCUT2D eigenvalue weighted by atomic mass is 10.0. The van der Waals surface area contributed by atoms with Crippen LogP contribution in [0.1, 0.15) is 0 Å². The molecule has 0 aromatic heterocycles. The van der Waals surface area contributed by atoms with E-state index in [1.54, 1.807) is 24.3 Å². The Bertz CT molecular complexity index is 1200. The minimum absolute atomic E-state index is 0.0374. The van der Waals surface area contributed by atoms with Crippen LogP contribution in [0.3, 0.4) is 0 Å². The normalized spacial score (nSPS) is 22.7. The quantitative estimate of drug-likeness (QED) is 0.397. The Balaban J connectivity index is 1.21. The molecule has 0 saturated carbocycles. The van der Waals surface area contributed by atoms with E-state index in [9.17, 15) is 19.5 Å². The van der Waals surface area contributed by atoms with E-state index < -0.39 is 29.2 Å². The molecule has 3 heterocycles. The third-order valence-corrected chi connectivity index (χ3v) is 8.52. The molecule has 2 aromatic rings. The number of carbonyl (C=O) groups is 3. The van der Waals surface area contributed by atoms with E-state index in [4.69, 9.17) is 4.74 Å². The zero-order valence-electron chi connectivity index (χ0n) is 20.7. The number of ether oxygens (including phenoxy) is 1. The molecule has 10 heteroatoms. The van der Waals surface area contributed by atoms with E-state index in [1.165, 1.54) is 22.3 Å². The van der Waals surface area contributed by atoms with Crippen LogP contribution in [0.25, 0.3) is 0 Å². The molecule has 37 heavy (non-hydrogen) atoms. The van der Waals surface area contributed by atoms with Gasteiger partial charge < -0.3 is 29.3 Å². The molecule has 5 rings (SSSR count). The molecule has 0 aliphatic carbocycles. The number of nitrogens with one attached hydrogen (secondary N) is 1. The second-order valence-electron chi connectivity index (χ2n) is 9.84. The van der Waals surface area contributed by atoms with Crippen LogP contribution in [0.2, 0.25) is 0 Å². The maximum Gasteiger partial charge on any atom is 0.258 e. The lowest BCUT2D eigenvalue weighted by Crippen LogP contribution is -2.71. The third-order valence-electron chi connectivity index (χ3n) is 7.18. The Morgan fingerprint density at radius 1 is 1.08 bits per heavy atom. The summed E-state index contributed by atoms with van der Waals surface area (Å²) in [5, 5.41) is 14.4. The fourth-order valence-corrected chi connectivity index (χ4v) is 6.47. The van der Waals surface area contributed by atoms with Crippen LogP contribution in [0.5, 0.6) is 5.75 Å². The number of carbonyl (C=O) groups excluding carboxylic acids is 3. The van der Waals surface area contributed by atoms with Gasteiger partial charge in [-0.1, -0.05) is 36.4 Å². The van der Waals surface area contributed by atoms with Crippen molar-refractivity contribution in [2.24, 2.45) is 0 Å².